The average molecular weight is 401 g/mol. The quantitative estimate of drug-likeness (QED) is 0.453. The highest BCUT2D eigenvalue weighted by Gasteiger charge is 2.25. The van der Waals surface area contributed by atoms with Crippen LogP contribution in [-0.4, -0.2) is 30.8 Å². The standard InChI is InChI=1S/C25H23NO4/c1-17-13-15-19(16-14-17)23(27)21-11-7-8-12-22(21)25(29)30-18(2)24(28)26(3)20-9-5-4-6-10-20/h4-16,18H,1-3H3. The second-order valence-corrected chi connectivity index (χ2v) is 7.02. The van der Waals surface area contributed by atoms with Gasteiger partial charge in [0.25, 0.3) is 5.91 Å². The lowest BCUT2D eigenvalue weighted by atomic mass is 9.98. The summed E-state index contributed by atoms with van der Waals surface area (Å²) >= 11 is 0. The highest BCUT2D eigenvalue weighted by molar-refractivity contribution is 6.14. The molecule has 0 aromatic heterocycles. The molecule has 0 heterocycles. The maximum Gasteiger partial charge on any atom is 0.339 e. The molecule has 1 atom stereocenters. The van der Waals surface area contributed by atoms with Gasteiger partial charge in [-0.1, -0.05) is 66.2 Å². The first kappa shape index (κ1) is 21.0. The van der Waals surface area contributed by atoms with Crippen LogP contribution in [0.1, 0.15) is 38.8 Å². The number of carbonyl (C=O) groups excluding carboxylic acids is 3. The van der Waals surface area contributed by atoms with Gasteiger partial charge in [-0.25, -0.2) is 4.79 Å². The van der Waals surface area contributed by atoms with Crippen LogP contribution in [0.4, 0.5) is 5.69 Å². The number of hydrogen-bond acceptors (Lipinski definition) is 4. The summed E-state index contributed by atoms with van der Waals surface area (Å²) in [7, 11) is 1.62. The number of anilines is 1. The fourth-order valence-corrected chi connectivity index (χ4v) is 3.05. The van der Waals surface area contributed by atoms with Crippen LogP contribution < -0.4 is 4.90 Å². The van der Waals surface area contributed by atoms with Crippen LogP contribution in [-0.2, 0) is 9.53 Å². The number of carbonyl (C=O) groups is 3. The molecule has 0 spiro atoms. The van der Waals surface area contributed by atoms with Gasteiger partial charge >= 0.3 is 5.97 Å². The Morgan fingerprint density at radius 2 is 1.37 bits per heavy atom. The van der Waals surface area contributed by atoms with Crippen LogP contribution >= 0.6 is 0 Å². The summed E-state index contributed by atoms with van der Waals surface area (Å²) in [6.07, 6.45) is -1.01. The van der Waals surface area contributed by atoms with Gasteiger partial charge in [0.05, 0.1) is 5.56 Å². The highest BCUT2D eigenvalue weighted by atomic mass is 16.5. The van der Waals surface area contributed by atoms with E-state index in [2.05, 4.69) is 0 Å². The van der Waals surface area contributed by atoms with Gasteiger partial charge in [-0.15, -0.1) is 0 Å². The van der Waals surface area contributed by atoms with Gasteiger partial charge in [-0.3, -0.25) is 9.59 Å². The molecular formula is C25H23NO4. The van der Waals surface area contributed by atoms with Crippen LogP contribution in [0.15, 0.2) is 78.9 Å². The number of hydrogen-bond donors (Lipinski definition) is 0. The number of nitrogens with zero attached hydrogens (tertiary/aromatic N) is 1. The van der Waals surface area contributed by atoms with Crippen molar-refractivity contribution in [1.29, 1.82) is 0 Å². The van der Waals surface area contributed by atoms with E-state index in [1.165, 1.54) is 17.9 Å². The van der Waals surface area contributed by atoms with E-state index in [0.717, 1.165) is 5.56 Å². The van der Waals surface area contributed by atoms with Crippen molar-refractivity contribution in [3.63, 3.8) is 0 Å². The first-order valence-electron chi connectivity index (χ1n) is 9.62. The summed E-state index contributed by atoms with van der Waals surface area (Å²) in [6.45, 7) is 3.45. The second-order valence-electron chi connectivity index (χ2n) is 7.02. The van der Waals surface area contributed by atoms with Crippen LogP contribution in [0.25, 0.3) is 0 Å². The van der Waals surface area contributed by atoms with Crippen molar-refractivity contribution in [3.8, 4) is 0 Å². The SMILES string of the molecule is Cc1ccc(C(=O)c2ccccc2C(=O)OC(C)C(=O)N(C)c2ccccc2)cc1. The van der Waals surface area contributed by atoms with Crippen molar-refractivity contribution in [2.75, 3.05) is 11.9 Å². The van der Waals surface area contributed by atoms with Crippen molar-refractivity contribution < 1.29 is 19.1 Å². The fraction of sp³-hybridized carbons (Fsp3) is 0.160. The van der Waals surface area contributed by atoms with E-state index in [9.17, 15) is 14.4 Å². The normalized spacial score (nSPS) is 11.4. The van der Waals surface area contributed by atoms with E-state index in [0.29, 0.717) is 11.3 Å². The number of ketones is 1. The predicted molar refractivity (Wildman–Crippen MR) is 116 cm³/mol. The van der Waals surface area contributed by atoms with Crippen molar-refractivity contribution >= 4 is 23.3 Å². The molecule has 0 N–H and O–H groups in total. The lowest BCUT2D eigenvalue weighted by Crippen LogP contribution is -2.37. The zero-order valence-corrected chi connectivity index (χ0v) is 17.2. The molecule has 152 valence electrons. The minimum Gasteiger partial charge on any atom is -0.449 e. The third-order valence-corrected chi connectivity index (χ3v) is 4.81. The molecule has 1 amide bonds. The van der Waals surface area contributed by atoms with Gasteiger partial charge in [0, 0.05) is 23.9 Å². The first-order chi connectivity index (χ1) is 14.4. The van der Waals surface area contributed by atoms with Crippen LogP contribution in [0.5, 0.6) is 0 Å². The molecule has 0 fully saturated rings. The van der Waals surface area contributed by atoms with Crippen molar-refractivity contribution in [2.24, 2.45) is 0 Å². The number of ether oxygens (including phenoxy) is 1. The molecule has 0 radical (unpaired) electrons. The van der Waals surface area contributed by atoms with Gasteiger partial charge in [0.2, 0.25) is 0 Å². The largest absolute Gasteiger partial charge is 0.449 e. The molecule has 0 aliphatic heterocycles. The molecule has 3 aromatic rings. The smallest absolute Gasteiger partial charge is 0.339 e. The summed E-state index contributed by atoms with van der Waals surface area (Å²) < 4.78 is 5.40. The highest BCUT2D eigenvalue weighted by Crippen LogP contribution is 2.18. The second kappa shape index (κ2) is 9.18. The maximum absolute atomic E-state index is 12.9. The van der Waals surface area contributed by atoms with Gasteiger partial charge in [0.1, 0.15) is 0 Å². The van der Waals surface area contributed by atoms with Gasteiger partial charge in [-0.2, -0.15) is 0 Å². The van der Waals surface area contributed by atoms with Gasteiger partial charge in [0.15, 0.2) is 11.9 Å². The number of para-hydroxylation sites is 1. The lowest BCUT2D eigenvalue weighted by molar-refractivity contribution is -0.126. The van der Waals surface area contributed by atoms with E-state index < -0.39 is 12.1 Å². The number of esters is 1. The molecular weight excluding hydrogens is 378 g/mol. The summed E-state index contributed by atoms with van der Waals surface area (Å²) in [5, 5.41) is 0. The van der Waals surface area contributed by atoms with E-state index in [-0.39, 0.29) is 22.8 Å². The monoisotopic (exact) mass is 401 g/mol. The molecule has 5 heteroatoms. The maximum atomic E-state index is 12.9. The summed E-state index contributed by atoms with van der Waals surface area (Å²) in [6, 6.07) is 22.7. The number of amides is 1. The molecule has 0 aliphatic carbocycles. The first-order valence-corrected chi connectivity index (χ1v) is 9.62. The summed E-state index contributed by atoms with van der Waals surface area (Å²) in [5.74, 6) is -1.35. The Bertz CT molecular complexity index is 1060. The third-order valence-electron chi connectivity index (χ3n) is 4.81. The molecule has 0 bridgehead atoms. The molecule has 0 aliphatic rings. The zero-order valence-electron chi connectivity index (χ0n) is 17.2. The fourth-order valence-electron chi connectivity index (χ4n) is 3.05. The Morgan fingerprint density at radius 3 is 2.00 bits per heavy atom. The molecule has 30 heavy (non-hydrogen) atoms. The van der Waals surface area contributed by atoms with Crippen LogP contribution in [0.3, 0.4) is 0 Å². The average Bonchev–Trinajstić information content (AvgIpc) is 2.78. The Morgan fingerprint density at radius 1 is 0.800 bits per heavy atom. The van der Waals surface area contributed by atoms with Gasteiger partial charge < -0.3 is 9.64 Å². The Kier molecular flexibility index (Phi) is 6.42. The topological polar surface area (TPSA) is 63.7 Å². The minimum atomic E-state index is -1.01. The summed E-state index contributed by atoms with van der Waals surface area (Å²) in [5.41, 5.74) is 2.58. The molecule has 0 saturated carbocycles. The van der Waals surface area contributed by atoms with Crippen LogP contribution in [0.2, 0.25) is 0 Å². The van der Waals surface area contributed by atoms with E-state index in [1.54, 1.807) is 49.5 Å². The number of aryl methyl sites for hydroxylation is 1. The van der Waals surface area contributed by atoms with Crippen molar-refractivity contribution in [1.82, 2.24) is 0 Å². The van der Waals surface area contributed by atoms with Crippen molar-refractivity contribution in [2.45, 2.75) is 20.0 Å². The molecule has 3 aromatic carbocycles. The Balaban J connectivity index is 1.78. The van der Waals surface area contributed by atoms with E-state index in [4.69, 9.17) is 4.74 Å². The molecule has 0 saturated heterocycles. The predicted octanol–water partition coefficient (Wildman–Crippen LogP) is 4.43. The van der Waals surface area contributed by atoms with Gasteiger partial charge in [-0.05, 0) is 32.0 Å². The number of rotatable bonds is 6. The Hall–Kier alpha value is -3.73. The Labute approximate surface area is 175 Å². The zero-order chi connectivity index (χ0) is 21.7. The molecule has 5 nitrogen and oxygen atoms in total. The molecule has 1 unspecified atom stereocenters. The number of likely N-dealkylation sites (N-methyl/N-ethyl adjacent to an activating group) is 1. The molecule has 3 rings (SSSR count). The van der Waals surface area contributed by atoms with E-state index in [1.807, 2.05) is 37.3 Å². The minimum absolute atomic E-state index is 0.130. The van der Waals surface area contributed by atoms with E-state index >= 15 is 0 Å². The van der Waals surface area contributed by atoms with Crippen molar-refractivity contribution in [3.05, 3.63) is 101 Å². The number of benzene rings is 3. The summed E-state index contributed by atoms with van der Waals surface area (Å²) in [4.78, 5) is 39.8. The lowest BCUT2D eigenvalue weighted by Gasteiger charge is -2.22. The van der Waals surface area contributed by atoms with Crippen LogP contribution in [0, 0.1) is 6.92 Å². The third kappa shape index (κ3) is 4.63.